The standard InChI is InChI=1S/C20H20Cl4N2O2/c21-15-7-5-13(9-17(15)23)11-25-19(27)3-1-2-4-20(28)26-12-14-6-8-16(22)18(24)10-14/h5-10H,1-4,11-12H2,(H,25,27)(H,26,28). The Morgan fingerprint density at radius 1 is 0.643 bits per heavy atom. The van der Waals surface area contributed by atoms with Crippen molar-refractivity contribution in [1.82, 2.24) is 10.6 Å². The van der Waals surface area contributed by atoms with E-state index in [1.807, 2.05) is 12.1 Å². The van der Waals surface area contributed by atoms with Gasteiger partial charge in [0, 0.05) is 25.9 Å². The summed E-state index contributed by atoms with van der Waals surface area (Å²) in [5, 5.41) is 7.53. The second kappa shape index (κ2) is 11.5. The molecule has 28 heavy (non-hydrogen) atoms. The molecule has 2 aromatic rings. The smallest absolute Gasteiger partial charge is 0.220 e. The van der Waals surface area contributed by atoms with Crippen LogP contribution in [0.2, 0.25) is 20.1 Å². The fraction of sp³-hybridized carbons (Fsp3) is 0.300. The van der Waals surface area contributed by atoms with Crippen molar-refractivity contribution >= 4 is 58.2 Å². The first-order valence-corrected chi connectivity index (χ1v) is 10.3. The predicted octanol–water partition coefficient (Wildman–Crippen LogP) is 5.79. The number of hydrogen-bond acceptors (Lipinski definition) is 2. The van der Waals surface area contributed by atoms with Crippen LogP contribution < -0.4 is 10.6 Å². The van der Waals surface area contributed by atoms with Crippen LogP contribution in [-0.4, -0.2) is 11.8 Å². The van der Waals surface area contributed by atoms with Crippen LogP contribution >= 0.6 is 46.4 Å². The number of rotatable bonds is 9. The third kappa shape index (κ3) is 7.88. The molecule has 8 heteroatoms. The Bertz CT molecular complexity index is 773. The number of hydrogen-bond donors (Lipinski definition) is 2. The maximum absolute atomic E-state index is 11.9. The van der Waals surface area contributed by atoms with Gasteiger partial charge in [0.15, 0.2) is 0 Å². The molecule has 0 aliphatic carbocycles. The average Bonchev–Trinajstić information content (AvgIpc) is 2.67. The molecule has 150 valence electrons. The minimum Gasteiger partial charge on any atom is -0.352 e. The van der Waals surface area contributed by atoms with Crippen LogP contribution in [-0.2, 0) is 22.7 Å². The molecule has 2 N–H and O–H groups in total. The lowest BCUT2D eigenvalue weighted by Crippen LogP contribution is -2.23. The molecule has 0 saturated heterocycles. The van der Waals surface area contributed by atoms with E-state index in [-0.39, 0.29) is 11.8 Å². The molecule has 2 aromatic carbocycles. The van der Waals surface area contributed by atoms with E-state index in [1.54, 1.807) is 24.3 Å². The van der Waals surface area contributed by atoms with Crippen LogP contribution in [0.3, 0.4) is 0 Å². The lowest BCUT2D eigenvalue weighted by Gasteiger charge is -2.08. The van der Waals surface area contributed by atoms with Gasteiger partial charge >= 0.3 is 0 Å². The molecule has 0 aromatic heterocycles. The van der Waals surface area contributed by atoms with Crippen molar-refractivity contribution in [2.45, 2.75) is 38.8 Å². The van der Waals surface area contributed by atoms with Crippen LogP contribution in [0, 0.1) is 0 Å². The summed E-state index contributed by atoms with van der Waals surface area (Å²) in [7, 11) is 0. The summed E-state index contributed by atoms with van der Waals surface area (Å²) in [5.41, 5.74) is 1.76. The minimum absolute atomic E-state index is 0.0673. The van der Waals surface area contributed by atoms with Crippen molar-refractivity contribution in [3.05, 3.63) is 67.6 Å². The lowest BCUT2D eigenvalue weighted by molar-refractivity contribution is -0.123. The maximum atomic E-state index is 11.9. The van der Waals surface area contributed by atoms with Crippen LogP contribution in [0.15, 0.2) is 36.4 Å². The van der Waals surface area contributed by atoms with Gasteiger partial charge in [-0.1, -0.05) is 58.5 Å². The summed E-state index contributed by atoms with van der Waals surface area (Å²) >= 11 is 23.6. The molecule has 0 heterocycles. The summed E-state index contributed by atoms with van der Waals surface area (Å²) in [4.78, 5) is 23.8. The normalized spacial score (nSPS) is 10.6. The van der Waals surface area contributed by atoms with E-state index in [2.05, 4.69) is 10.6 Å². The summed E-state index contributed by atoms with van der Waals surface area (Å²) in [6, 6.07) is 10.5. The topological polar surface area (TPSA) is 58.2 Å². The van der Waals surface area contributed by atoms with Gasteiger partial charge in [-0.05, 0) is 48.2 Å². The first kappa shape index (κ1) is 22.8. The van der Waals surface area contributed by atoms with Crippen LogP contribution in [0.4, 0.5) is 0 Å². The lowest BCUT2D eigenvalue weighted by atomic mass is 10.1. The Kier molecular flexibility index (Phi) is 9.39. The maximum Gasteiger partial charge on any atom is 0.220 e. The van der Waals surface area contributed by atoms with Crippen molar-refractivity contribution in [1.29, 1.82) is 0 Å². The first-order chi connectivity index (χ1) is 13.3. The van der Waals surface area contributed by atoms with E-state index in [0.717, 1.165) is 11.1 Å². The molecule has 0 bridgehead atoms. The highest BCUT2D eigenvalue weighted by molar-refractivity contribution is 6.42. The fourth-order valence-electron chi connectivity index (χ4n) is 2.45. The van der Waals surface area contributed by atoms with Gasteiger partial charge in [0.2, 0.25) is 11.8 Å². The van der Waals surface area contributed by atoms with Crippen molar-refractivity contribution < 1.29 is 9.59 Å². The molecule has 0 saturated carbocycles. The van der Waals surface area contributed by atoms with E-state index < -0.39 is 0 Å². The monoisotopic (exact) mass is 460 g/mol. The highest BCUT2D eigenvalue weighted by Crippen LogP contribution is 2.23. The van der Waals surface area contributed by atoms with Crippen LogP contribution in [0.1, 0.15) is 36.8 Å². The zero-order valence-corrected chi connectivity index (χ0v) is 18.1. The highest BCUT2D eigenvalue weighted by atomic mass is 35.5. The number of carbonyl (C=O) groups excluding carboxylic acids is 2. The van der Waals surface area contributed by atoms with Gasteiger partial charge in [0.05, 0.1) is 20.1 Å². The number of nitrogens with one attached hydrogen (secondary N) is 2. The predicted molar refractivity (Wildman–Crippen MR) is 115 cm³/mol. The van der Waals surface area contributed by atoms with E-state index >= 15 is 0 Å². The van der Waals surface area contributed by atoms with Gasteiger partial charge in [0.25, 0.3) is 0 Å². The number of amides is 2. The molecule has 0 fully saturated rings. The third-order valence-electron chi connectivity index (χ3n) is 4.01. The van der Waals surface area contributed by atoms with Gasteiger partial charge in [-0.2, -0.15) is 0 Å². The molecule has 0 unspecified atom stereocenters. The SMILES string of the molecule is O=C(CCCCC(=O)NCc1ccc(Cl)c(Cl)c1)NCc1ccc(Cl)c(Cl)c1. The molecule has 4 nitrogen and oxygen atoms in total. The van der Waals surface area contributed by atoms with E-state index in [0.29, 0.717) is 58.9 Å². The van der Waals surface area contributed by atoms with Gasteiger partial charge in [-0.15, -0.1) is 0 Å². The zero-order valence-electron chi connectivity index (χ0n) is 15.0. The van der Waals surface area contributed by atoms with E-state index in [4.69, 9.17) is 46.4 Å². The molecule has 0 spiro atoms. The van der Waals surface area contributed by atoms with Crippen molar-refractivity contribution in [2.24, 2.45) is 0 Å². The zero-order chi connectivity index (χ0) is 20.5. The van der Waals surface area contributed by atoms with Crippen LogP contribution in [0.5, 0.6) is 0 Å². The highest BCUT2D eigenvalue weighted by Gasteiger charge is 2.06. The summed E-state index contributed by atoms with van der Waals surface area (Å²) in [6.45, 7) is 0.778. The second-order valence-electron chi connectivity index (χ2n) is 6.26. The van der Waals surface area contributed by atoms with Gasteiger partial charge < -0.3 is 10.6 Å². The third-order valence-corrected chi connectivity index (χ3v) is 5.48. The number of halogens is 4. The molecule has 2 rings (SSSR count). The molecule has 2 amide bonds. The molecule has 0 aliphatic heterocycles. The van der Waals surface area contributed by atoms with E-state index in [9.17, 15) is 9.59 Å². The first-order valence-electron chi connectivity index (χ1n) is 8.76. The van der Waals surface area contributed by atoms with Gasteiger partial charge in [-0.25, -0.2) is 0 Å². The molecular weight excluding hydrogens is 442 g/mol. The quantitative estimate of drug-likeness (QED) is 0.464. The summed E-state index contributed by atoms with van der Waals surface area (Å²) in [6.07, 6.45) is 1.99. The van der Waals surface area contributed by atoms with Crippen molar-refractivity contribution in [3.63, 3.8) is 0 Å². The Labute approximate surface area is 184 Å². The summed E-state index contributed by atoms with van der Waals surface area (Å²) in [5.74, 6) is -0.135. The van der Waals surface area contributed by atoms with Gasteiger partial charge in [-0.3, -0.25) is 9.59 Å². The van der Waals surface area contributed by atoms with Crippen molar-refractivity contribution in [3.8, 4) is 0 Å². The second-order valence-corrected chi connectivity index (χ2v) is 7.89. The number of unbranched alkanes of at least 4 members (excludes halogenated alkanes) is 1. The van der Waals surface area contributed by atoms with Crippen molar-refractivity contribution in [2.75, 3.05) is 0 Å². The van der Waals surface area contributed by atoms with Crippen LogP contribution in [0.25, 0.3) is 0 Å². The molecule has 0 radical (unpaired) electrons. The molecule has 0 aliphatic rings. The summed E-state index contributed by atoms with van der Waals surface area (Å²) < 4.78 is 0. The molecule has 0 atom stereocenters. The Balaban J connectivity index is 1.59. The Morgan fingerprint density at radius 2 is 1.04 bits per heavy atom. The Morgan fingerprint density at radius 3 is 1.39 bits per heavy atom. The number of carbonyl (C=O) groups is 2. The largest absolute Gasteiger partial charge is 0.352 e. The number of benzene rings is 2. The van der Waals surface area contributed by atoms with E-state index in [1.165, 1.54) is 0 Å². The van der Waals surface area contributed by atoms with Gasteiger partial charge in [0.1, 0.15) is 0 Å². The minimum atomic E-state index is -0.0673. The Hall–Kier alpha value is -1.46. The average molecular weight is 462 g/mol. The molecular formula is C20H20Cl4N2O2. The fourth-order valence-corrected chi connectivity index (χ4v) is 3.09.